The molecule has 0 saturated heterocycles. The van der Waals surface area contributed by atoms with Gasteiger partial charge in [0.25, 0.3) is 0 Å². The molecule has 0 amide bonds. The molecule has 0 radical (unpaired) electrons. The predicted molar refractivity (Wildman–Crippen MR) is 71.6 cm³/mol. The Bertz CT molecular complexity index is 464. The minimum atomic E-state index is -3.20. The van der Waals surface area contributed by atoms with Crippen molar-refractivity contribution < 1.29 is 8.42 Å². The summed E-state index contributed by atoms with van der Waals surface area (Å²) in [6.45, 7) is 6.26. The van der Waals surface area contributed by atoms with E-state index in [1.165, 1.54) is 0 Å². The minimum absolute atomic E-state index is 0.0725. The van der Waals surface area contributed by atoms with E-state index in [2.05, 4.69) is 18.6 Å². The van der Waals surface area contributed by atoms with E-state index < -0.39 is 10.0 Å². The Hall–Kier alpha value is -1.07. The maximum absolute atomic E-state index is 11.4. The molecule has 17 heavy (non-hydrogen) atoms. The molecule has 0 aliphatic rings. The highest BCUT2D eigenvalue weighted by Gasteiger charge is 2.18. The Morgan fingerprint density at radius 1 is 1.24 bits per heavy atom. The van der Waals surface area contributed by atoms with Gasteiger partial charge in [-0.15, -0.1) is 0 Å². The number of hydrogen-bond donors (Lipinski definition) is 2. The Balaban J connectivity index is 2.90. The maximum Gasteiger partial charge on any atom is 0.232 e. The van der Waals surface area contributed by atoms with Crippen LogP contribution in [0.3, 0.4) is 0 Å². The number of hydrogen-bond acceptors (Lipinski definition) is 3. The van der Waals surface area contributed by atoms with Gasteiger partial charge in [-0.1, -0.05) is 26.0 Å². The van der Waals surface area contributed by atoms with Crippen LogP contribution in [-0.4, -0.2) is 20.7 Å². The Morgan fingerprint density at radius 2 is 1.76 bits per heavy atom. The quantitative estimate of drug-likeness (QED) is 0.842. The van der Waals surface area contributed by atoms with E-state index in [1.807, 2.05) is 12.1 Å². The second-order valence-electron chi connectivity index (χ2n) is 4.67. The molecule has 0 aliphatic carbocycles. The molecule has 3 N–H and O–H groups in total. The van der Waals surface area contributed by atoms with Crippen molar-refractivity contribution in [2.24, 2.45) is 5.73 Å². The van der Waals surface area contributed by atoms with E-state index >= 15 is 0 Å². The highest BCUT2D eigenvalue weighted by atomic mass is 32.2. The third kappa shape index (κ3) is 3.71. The number of anilines is 1. The van der Waals surface area contributed by atoms with Crippen molar-refractivity contribution >= 4 is 15.7 Å². The van der Waals surface area contributed by atoms with E-state index in [4.69, 9.17) is 5.73 Å². The first kappa shape index (κ1) is 14.0. The van der Waals surface area contributed by atoms with Gasteiger partial charge in [0.05, 0.1) is 5.75 Å². The second-order valence-corrected chi connectivity index (χ2v) is 6.68. The molecule has 0 unspecified atom stereocenters. The molecule has 0 heterocycles. The monoisotopic (exact) mass is 256 g/mol. The summed E-state index contributed by atoms with van der Waals surface area (Å²) in [6, 6.07) is 7.33. The second kappa shape index (κ2) is 5.06. The van der Waals surface area contributed by atoms with Crippen LogP contribution in [0.25, 0.3) is 0 Å². The van der Waals surface area contributed by atoms with Crippen LogP contribution >= 0.6 is 0 Å². The average Bonchev–Trinajstić information content (AvgIpc) is 2.29. The number of rotatable bonds is 5. The van der Waals surface area contributed by atoms with Gasteiger partial charge < -0.3 is 5.73 Å². The molecular weight excluding hydrogens is 236 g/mol. The van der Waals surface area contributed by atoms with E-state index in [-0.39, 0.29) is 11.2 Å². The molecule has 0 aliphatic heterocycles. The third-order valence-corrected chi connectivity index (χ3v) is 4.14. The summed E-state index contributed by atoms with van der Waals surface area (Å²) in [5, 5.41) is 0. The Kier molecular flexibility index (Phi) is 4.16. The van der Waals surface area contributed by atoms with Crippen molar-refractivity contribution in [2.75, 3.05) is 17.0 Å². The molecule has 0 atom stereocenters. The van der Waals surface area contributed by atoms with Crippen LogP contribution in [0, 0.1) is 0 Å². The normalized spacial score (nSPS) is 12.5. The van der Waals surface area contributed by atoms with Crippen LogP contribution in [0.4, 0.5) is 5.69 Å². The zero-order chi connectivity index (χ0) is 13.1. The summed E-state index contributed by atoms with van der Waals surface area (Å²) < 4.78 is 25.3. The number of benzene rings is 1. The molecule has 0 aromatic heterocycles. The van der Waals surface area contributed by atoms with Crippen LogP contribution in [0.1, 0.15) is 26.3 Å². The highest BCUT2D eigenvalue weighted by Crippen LogP contribution is 2.23. The zero-order valence-corrected chi connectivity index (χ0v) is 11.3. The fraction of sp³-hybridized carbons (Fsp3) is 0.500. The van der Waals surface area contributed by atoms with Gasteiger partial charge in [-0.3, -0.25) is 4.72 Å². The lowest BCUT2D eigenvalue weighted by molar-refractivity contribution is 0.539. The van der Waals surface area contributed by atoms with Gasteiger partial charge in [-0.2, -0.15) is 0 Å². The fourth-order valence-electron chi connectivity index (χ4n) is 1.36. The summed E-state index contributed by atoms with van der Waals surface area (Å²) in [5.41, 5.74) is 7.28. The highest BCUT2D eigenvalue weighted by molar-refractivity contribution is 7.92. The standard InChI is InChI=1S/C12H20N2O2S/c1-4-17(15,16)14-11-7-5-10(6-8-11)12(2,3)9-13/h5-8,14H,4,9,13H2,1-3H3. The van der Waals surface area contributed by atoms with Crippen LogP contribution in [0.2, 0.25) is 0 Å². The lowest BCUT2D eigenvalue weighted by Gasteiger charge is -2.23. The molecule has 96 valence electrons. The van der Waals surface area contributed by atoms with E-state index in [9.17, 15) is 8.42 Å². The molecule has 0 saturated carbocycles. The van der Waals surface area contributed by atoms with Crippen molar-refractivity contribution in [1.82, 2.24) is 0 Å². The Morgan fingerprint density at radius 3 is 2.18 bits per heavy atom. The van der Waals surface area contributed by atoms with Gasteiger partial charge in [0, 0.05) is 17.6 Å². The van der Waals surface area contributed by atoms with Gasteiger partial charge >= 0.3 is 0 Å². The molecule has 1 aromatic rings. The Labute approximate surface area is 103 Å². The number of nitrogens with two attached hydrogens (primary N) is 1. The number of nitrogens with one attached hydrogen (secondary N) is 1. The maximum atomic E-state index is 11.4. The first-order valence-electron chi connectivity index (χ1n) is 5.62. The summed E-state index contributed by atoms with van der Waals surface area (Å²) in [5.74, 6) is 0.0725. The van der Waals surface area contributed by atoms with Crippen molar-refractivity contribution in [3.63, 3.8) is 0 Å². The fourth-order valence-corrected chi connectivity index (χ4v) is 2.00. The largest absolute Gasteiger partial charge is 0.330 e. The first-order valence-corrected chi connectivity index (χ1v) is 7.27. The summed E-state index contributed by atoms with van der Waals surface area (Å²) >= 11 is 0. The molecule has 4 nitrogen and oxygen atoms in total. The number of sulfonamides is 1. The summed E-state index contributed by atoms with van der Waals surface area (Å²) in [6.07, 6.45) is 0. The smallest absolute Gasteiger partial charge is 0.232 e. The third-order valence-electron chi connectivity index (χ3n) is 2.83. The van der Waals surface area contributed by atoms with Crippen molar-refractivity contribution in [3.8, 4) is 0 Å². The van der Waals surface area contributed by atoms with E-state index in [0.29, 0.717) is 12.2 Å². The molecule has 0 spiro atoms. The predicted octanol–water partition coefficient (Wildman–Crippen LogP) is 1.68. The average molecular weight is 256 g/mol. The van der Waals surface area contributed by atoms with Crippen molar-refractivity contribution in [1.29, 1.82) is 0 Å². The van der Waals surface area contributed by atoms with Gasteiger partial charge in [0.1, 0.15) is 0 Å². The van der Waals surface area contributed by atoms with Gasteiger partial charge in [-0.25, -0.2) is 8.42 Å². The molecule has 1 aromatic carbocycles. The molecule has 0 bridgehead atoms. The minimum Gasteiger partial charge on any atom is -0.330 e. The summed E-state index contributed by atoms with van der Waals surface area (Å²) in [7, 11) is -3.20. The first-order chi connectivity index (χ1) is 7.80. The lowest BCUT2D eigenvalue weighted by Crippen LogP contribution is -2.28. The van der Waals surface area contributed by atoms with E-state index in [0.717, 1.165) is 5.56 Å². The molecule has 1 rings (SSSR count). The van der Waals surface area contributed by atoms with Gasteiger partial charge in [0.2, 0.25) is 10.0 Å². The lowest BCUT2D eigenvalue weighted by atomic mass is 9.85. The van der Waals surface area contributed by atoms with Crippen LogP contribution in [0.15, 0.2) is 24.3 Å². The molecule has 0 fully saturated rings. The van der Waals surface area contributed by atoms with Gasteiger partial charge in [-0.05, 0) is 24.6 Å². The SMILES string of the molecule is CCS(=O)(=O)Nc1ccc(C(C)(C)CN)cc1. The van der Waals surface area contributed by atoms with E-state index in [1.54, 1.807) is 19.1 Å². The molecule has 5 heteroatoms. The van der Waals surface area contributed by atoms with Crippen LogP contribution < -0.4 is 10.5 Å². The van der Waals surface area contributed by atoms with Gasteiger partial charge in [0.15, 0.2) is 0 Å². The van der Waals surface area contributed by atoms with Crippen molar-refractivity contribution in [3.05, 3.63) is 29.8 Å². The van der Waals surface area contributed by atoms with Crippen LogP contribution in [0.5, 0.6) is 0 Å². The zero-order valence-electron chi connectivity index (χ0n) is 10.5. The molecular formula is C12H20N2O2S. The topological polar surface area (TPSA) is 72.2 Å². The van der Waals surface area contributed by atoms with Crippen molar-refractivity contribution in [2.45, 2.75) is 26.2 Å². The summed E-state index contributed by atoms with van der Waals surface area (Å²) in [4.78, 5) is 0. The van der Waals surface area contributed by atoms with Crippen LogP contribution in [-0.2, 0) is 15.4 Å².